The lowest BCUT2D eigenvalue weighted by molar-refractivity contribution is 0.419. The minimum absolute atomic E-state index is 0.725. The number of rotatable bonds is 3. The van der Waals surface area contributed by atoms with Crippen LogP contribution < -0.4 is 14.5 Å². The number of aryl methyl sites for hydroxylation is 2. The molecule has 0 amide bonds. The minimum Gasteiger partial charge on any atom is -0.494 e. The van der Waals surface area contributed by atoms with Gasteiger partial charge in [-0.3, -0.25) is 0 Å². The van der Waals surface area contributed by atoms with Gasteiger partial charge in [0.05, 0.1) is 27.0 Å². The van der Waals surface area contributed by atoms with Gasteiger partial charge in [-0.15, -0.1) is 0 Å². The number of benzene rings is 2. The van der Waals surface area contributed by atoms with E-state index in [-0.39, 0.29) is 0 Å². The Hall–Kier alpha value is -2.09. The number of hydrogen-bond acceptors (Lipinski definition) is 7. The number of thiazole rings is 2. The van der Waals surface area contributed by atoms with Gasteiger partial charge in [-0.2, -0.15) is 0 Å². The van der Waals surface area contributed by atoms with E-state index in [1.54, 1.807) is 29.8 Å². The van der Waals surface area contributed by atoms with E-state index in [2.05, 4.69) is 35.8 Å². The standard InChI is InChI=1S/C21H21ClN4OS2/c1-12-10-13(2)18-15(11-12)23-20(28-18)25-6-8-26(9-7-25)21-24-17-16(27-3)5-4-14(22)19(17)29-21/h4-5,10-11H,6-9H2,1-3H3. The Bertz CT molecular complexity index is 1210. The highest BCUT2D eigenvalue weighted by Crippen LogP contribution is 2.39. The summed E-state index contributed by atoms with van der Waals surface area (Å²) in [6.07, 6.45) is 0. The molecule has 150 valence electrons. The van der Waals surface area contributed by atoms with E-state index in [4.69, 9.17) is 26.3 Å². The van der Waals surface area contributed by atoms with Crippen LogP contribution in [0.2, 0.25) is 5.02 Å². The predicted octanol–water partition coefficient (Wildman–Crippen LogP) is 5.51. The van der Waals surface area contributed by atoms with Gasteiger partial charge in [0, 0.05) is 26.2 Å². The number of piperazine rings is 1. The lowest BCUT2D eigenvalue weighted by Gasteiger charge is -2.34. The molecular weight excluding hydrogens is 424 g/mol. The lowest BCUT2D eigenvalue weighted by atomic mass is 10.1. The number of methoxy groups -OCH3 is 1. The number of hydrogen-bond donors (Lipinski definition) is 0. The Morgan fingerprint density at radius 1 is 0.931 bits per heavy atom. The van der Waals surface area contributed by atoms with Crippen molar-refractivity contribution in [3.8, 4) is 5.75 Å². The summed E-state index contributed by atoms with van der Waals surface area (Å²) in [5, 5.41) is 2.84. The maximum atomic E-state index is 6.39. The summed E-state index contributed by atoms with van der Waals surface area (Å²) in [5.74, 6) is 0.769. The van der Waals surface area contributed by atoms with Crippen LogP contribution in [0.5, 0.6) is 5.75 Å². The largest absolute Gasteiger partial charge is 0.494 e. The van der Waals surface area contributed by atoms with E-state index in [0.717, 1.165) is 62.9 Å². The molecule has 0 unspecified atom stereocenters. The van der Waals surface area contributed by atoms with E-state index in [0.29, 0.717) is 0 Å². The molecule has 2 aromatic heterocycles. The summed E-state index contributed by atoms with van der Waals surface area (Å²) in [5.41, 5.74) is 4.53. The molecule has 0 bridgehead atoms. The van der Waals surface area contributed by atoms with E-state index in [1.165, 1.54) is 15.8 Å². The first-order chi connectivity index (χ1) is 14.0. The van der Waals surface area contributed by atoms with Gasteiger partial charge < -0.3 is 14.5 Å². The number of ether oxygens (including phenoxy) is 1. The molecule has 8 heteroatoms. The predicted molar refractivity (Wildman–Crippen MR) is 125 cm³/mol. The second-order valence-corrected chi connectivity index (χ2v) is 9.69. The molecular formula is C21H21ClN4OS2. The lowest BCUT2D eigenvalue weighted by Crippen LogP contribution is -2.46. The van der Waals surface area contributed by atoms with Crippen molar-refractivity contribution in [2.45, 2.75) is 13.8 Å². The second kappa shape index (κ2) is 7.31. The fraction of sp³-hybridized carbons (Fsp3) is 0.333. The highest BCUT2D eigenvalue weighted by atomic mass is 35.5. The van der Waals surface area contributed by atoms with Crippen LogP contribution in [0.25, 0.3) is 20.4 Å². The van der Waals surface area contributed by atoms with Crippen LogP contribution in [0.3, 0.4) is 0 Å². The van der Waals surface area contributed by atoms with Crippen LogP contribution >= 0.6 is 34.3 Å². The van der Waals surface area contributed by atoms with Crippen LogP contribution in [0.1, 0.15) is 11.1 Å². The molecule has 0 radical (unpaired) electrons. The molecule has 0 saturated carbocycles. The van der Waals surface area contributed by atoms with Gasteiger partial charge in [0.2, 0.25) is 0 Å². The van der Waals surface area contributed by atoms with E-state index in [9.17, 15) is 0 Å². The molecule has 1 saturated heterocycles. The number of aromatic nitrogens is 2. The van der Waals surface area contributed by atoms with Crippen LogP contribution in [-0.4, -0.2) is 43.3 Å². The average Bonchev–Trinajstić information content (AvgIpc) is 3.34. The van der Waals surface area contributed by atoms with Crippen molar-refractivity contribution in [1.82, 2.24) is 9.97 Å². The molecule has 0 spiro atoms. The molecule has 1 fully saturated rings. The molecule has 5 rings (SSSR count). The van der Waals surface area contributed by atoms with Crippen LogP contribution in [0.15, 0.2) is 24.3 Å². The molecule has 0 atom stereocenters. The maximum Gasteiger partial charge on any atom is 0.186 e. The molecule has 0 N–H and O–H groups in total. The number of fused-ring (bicyclic) bond motifs is 2. The van der Waals surface area contributed by atoms with Gasteiger partial charge in [0.15, 0.2) is 10.3 Å². The summed E-state index contributed by atoms with van der Waals surface area (Å²) in [4.78, 5) is 14.4. The zero-order valence-electron chi connectivity index (χ0n) is 16.5. The summed E-state index contributed by atoms with van der Waals surface area (Å²) < 4.78 is 7.74. The zero-order valence-corrected chi connectivity index (χ0v) is 18.9. The fourth-order valence-corrected chi connectivity index (χ4v) is 6.21. The van der Waals surface area contributed by atoms with Crippen LogP contribution in [0.4, 0.5) is 10.3 Å². The van der Waals surface area contributed by atoms with Gasteiger partial charge in [0.1, 0.15) is 11.3 Å². The summed E-state index contributed by atoms with van der Waals surface area (Å²) in [6.45, 7) is 7.98. The Balaban J connectivity index is 1.37. The SMILES string of the molecule is COc1ccc(Cl)c2sc(N3CCN(c4nc5cc(C)cc(C)c5s4)CC3)nc12. The Morgan fingerprint density at radius 2 is 1.59 bits per heavy atom. The highest BCUT2D eigenvalue weighted by molar-refractivity contribution is 7.23. The topological polar surface area (TPSA) is 41.5 Å². The van der Waals surface area contributed by atoms with Crippen molar-refractivity contribution in [1.29, 1.82) is 0 Å². The van der Waals surface area contributed by atoms with Crippen molar-refractivity contribution in [2.24, 2.45) is 0 Å². The van der Waals surface area contributed by atoms with Gasteiger partial charge >= 0.3 is 0 Å². The van der Waals surface area contributed by atoms with Crippen molar-refractivity contribution in [2.75, 3.05) is 43.1 Å². The molecule has 29 heavy (non-hydrogen) atoms. The van der Waals surface area contributed by atoms with Gasteiger partial charge in [-0.25, -0.2) is 9.97 Å². The Morgan fingerprint density at radius 3 is 2.28 bits per heavy atom. The summed E-state index contributed by atoms with van der Waals surface area (Å²) in [7, 11) is 1.67. The third-order valence-electron chi connectivity index (χ3n) is 5.30. The van der Waals surface area contributed by atoms with Gasteiger partial charge in [-0.1, -0.05) is 40.3 Å². The molecule has 4 aromatic rings. The average molecular weight is 445 g/mol. The van der Waals surface area contributed by atoms with Crippen molar-refractivity contribution in [3.63, 3.8) is 0 Å². The first-order valence-corrected chi connectivity index (χ1v) is 11.6. The molecule has 1 aliphatic heterocycles. The Kier molecular flexibility index (Phi) is 4.76. The van der Waals surface area contributed by atoms with E-state index >= 15 is 0 Å². The first-order valence-electron chi connectivity index (χ1n) is 9.54. The molecule has 0 aliphatic carbocycles. The highest BCUT2D eigenvalue weighted by Gasteiger charge is 2.23. The number of halogens is 1. The minimum atomic E-state index is 0.725. The zero-order chi connectivity index (χ0) is 20.1. The third kappa shape index (κ3) is 3.31. The van der Waals surface area contributed by atoms with E-state index < -0.39 is 0 Å². The van der Waals surface area contributed by atoms with Crippen LogP contribution in [-0.2, 0) is 0 Å². The monoisotopic (exact) mass is 444 g/mol. The number of anilines is 2. The van der Waals surface area contributed by atoms with Crippen molar-refractivity contribution < 1.29 is 4.74 Å². The van der Waals surface area contributed by atoms with E-state index in [1.807, 2.05) is 12.1 Å². The quantitative estimate of drug-likeness (QED) is 0.416. The molecule has 5 nitrogen and oxygen atoms in total. The first kappa shape index (κ1) is 18.9. The fourth-order valence-electron chi connectivity index (χ4n) is 3.83. The molecule has 3 heterocycles. The smallest absolute Gasteiger partial charge is 0.186 e. The maximum absolute atomic E-state index is 6.39. The Labute approximate surface area is 182 Å². The summed E-state index contributed by atoms with van der Waals surface area (Å²) >= 11 is 9.82. The molecule has 1 aliphatic rings. The van der Waals surface area contributed by atoms with Gasteiger partial charge in [0.25, 0.3) is 0 Å². The second-order valence-electron chi connectivity index (χ2n) is 7.32. The van der Waals surface area contributed by atoms with Crippen molar-refractivity contribution in [3.05, 3.63) is 40.4 Å². The van der Waals surface area contributed by atoms with Gasteiger partial charge in [-0.05, 0) is 43.2 Å². The third-order valence-corrected chi connectivity index (χ3v) is 8.14. The normalized spacial score (nSPS) is 14.9. The number of nitrogens with zero attached hydrogens (tertiary/aromatic N) is 4. The summed E-state index contributed by atoms with van der Waals surface area (Å²) in [6, 6.07) is 8.16. The van der Waals surface area contributed by atoms with Crippen LogP contribution in [0, 0.1) is 13.8 Å². The molecule has 2 aromatic carbocycles. The van der Waals surface area contributed by atoms with Crippen molar-refractivity contribution >= 4 is 65.0 Å².